The third kappa shape index (κ3) is 4.14. The molecule has 0 aliphatic carbocycles. The van der Waals surface area contributed by atoms with Crippen molar-refractivity contribution in [1.82, 2.24) is 19.7 Å². The summed E-state index contributed by atoms with van der Waals surface area (Å²) < 4.78 is 26.6. The van der Waals surface area contributed by atoms with E-state index in [2.05, 4.69) is 25.1 Å². The van der Waals surface area contributed by atoms with E-state index in [-0.39, 0.29) is 22.3 Å². The first-order valence-corrected chi connectivity index (χ1v) is 7.99. The number of nitrogen functional groups attached to an aromatic ring is 1. The molecule has 0 saturated carbocycles. The molecule has 0 bridgehead atoms. The van der Waals surface area contributed by atoms with Gasteiger partial charge in [-0.25, -0.2) is 29.0 Å². The summed E-state index contributed by atoms with van der Waals surface area (Å²) in [5, 5.41) is 0.135. The van der Waals surface area contributed by atoms with Crippen molar-refractivity contribution in [2.45, 2.75) is 17.7 Å². The van der Waals surface area contributed by atoms with Crippen LogP contribution in [0.3, 0.4) is 0 Å². The highest BCUT2D eigenvalue weighted by Gasteiger charge is 2.15. The zero-order valence-corrected chi connectivity index (χ0v) is 12.6. The second kappa shape index (κ2) is 6.85. The van der Waals surface area contributed by atoms with Gasteiger partial charge in [0.25, 0.3) is 0 Å². The molecule has 2 heterocycles. The fourth-order valence-corrected chi connectivity index (χ4v) is 2.98. The van der Waals surface area contributed by atoms with Gasteiger partial charge in [0.1, 0.15) is 10.7 Å². The lowest BCUT2D eigenvalue weighted by Gasteiger charge is -2.08. The zero-order valence-electron chi connectivity index (χ0n) is 11.0. The van der Waals surface area contributed by atoms with E-state index in [9.17, 15) is 8.42 Å². The van der Waals surface area contributed by atoms with Crippen molar-refractivity contribution in [2.75, 3.05) is 12.0 Å². The molecule has 0 fully saturated rings. The number of nitrogens with zero attached hydrogens (tertiary/aromatic N) is 2. The molecule has 0 saturated heterocycles. The van der Waals surface area contributed by atoms with Crippen molar-refractivity contribution in [3.05, 3.63) is 35.5 Å². The van der Waals surface area contributed by atoms with E-state index in [0.717, 1.165) is 5.82 Å². The maximum absolute atomic E-state index is 12.1. The number of aryl methyl sites for hydroxylation is 1. The lowest BCUT2D eigenvalue weighted by atomic mass is 10.3. The Morgan fingerprint density at radius 1 is 1.38 bits per heavy atom. The number of nitrogens with one attached hydrogen (secondary N) is 3. The molecule has 2 aromatic rings. The number of hydrogen-bond acceptors (Lipinski definition) is 6. The van der Waals surface area contributed by atoms with Crippen molar-refractivity contribution in [3.63, 3.8) is 0 Å². The van der Waals surface area contributed by atoms with E-state index in [1.54, 1.807) is 12.4 Å². The molecular formula is C11H15ClN6O2S. The number of hydrazine groups is 1. The van der Waals surface area contributed by atoms with Crippen LogP contribution in [-0.4, -0.2) is 29.9 Å². The molecule has 0 unspecified atom stereocenters. The number of pyridine rings is 1. The van der Waals surface area contributed by atoms with Crippen molar-refractivity contribution in [1.29, 1.82) is 0 Å². The Morgan fingerprint density at radius 2 is 2.19 bits per heavy atom. The van der Waals surface area contributed by atoms with E-state index < -0.39 is 10.0 Å². The lowest BCUT2D eigenvalue weighted by Crippen LogP contribution is -2.25. The normalized spacial score (nSPS) is 11.5. The van der Waals surface area contributed by atoms with E-state index in [1.165, 1.54) is 12.3 Å². The third-order valence-electron chi connectivity index (χ3n) is 2.70. The Morgan fingerprint density at radius 3 is 2.81 bits per heavy atom. The minimum atomic E-state index is -3.64. The van der Waals surface area contributed by atoms with E-state index in [0.29, 0.717) is 12.8 Å². The summed E-state index contributed by atoms with van der Waals surface area (Å²) in [6.07, 6.45) is 5.84. The topological polar surface area (TPSA) is 126 Å². The molecule has 2 rings (SSSR count). The summed E-state index contributed by atoms with van der Waals surface area (Å²) in [6.45, 7) is 0.289. The molecule has 8 nitrogen and oxygen atoms in total. The van der Waals surface area contributed by atoms with Gasteiger partial charge >= 0.3 is 0 Å². The minimum Gasteiger partial charge on any atom is -0.349 e. The number of sulfonamides is 1. The second-order valence-electron chi connectivity index (χ2n) is 4.18. The maximum Gasteiger partial charge on any atom is 0.242 e. The molecule has 21 heavy (non-hydrogen) atoms. The van der Waals surface area contributed by atoms with Crippen molar-refractivity contribution in [3.8, 4) is 0 Å². The summed E-state index contributed by atoms with van der Waals surface area (Å²) in [4.78, 5) is 10.8. The molecule has 5 N–H and O–H groups in total. The molecule has 0 aliphatic rings. The van der Waals surface area contributed by atoms with Crippen LogP contribution in [0.1, 0.15) is 12.2 Å². The van der Waals surface area contributed by atoms with E-state index >= 15 is 0 Å². The molecule has 0 aromatic carbocycles. The lowest BCUT2D eigenvalue weighted by molar-refractivity contribution is 0.578. The molecule has 0 spiro atoms. The van der Waals surface area contributed by atoms with Crippen LogP contribution in [-0.2, 0) is 16.4 Å². The summed E-state index contributed by atoms with van der Waals surface area (Å²) in [5.41, 5.74) is 2.27. The van der Waals surface area contributed by atoms with Gasteiger partial charge in [-0.3, -0.25) is 0 Å². The largest absolute Gasteiger partial charge is 0.349 e. The van der Waals surface area contributed by atoms with Crippen LogP contribution in [0.4, 0.5) is 5.82 Å². The second-order valence-corrected chi connectivity index (χ2v) is 6.36. The Balaban J connectivity index is 1.93. The van der Waals surface area contributed by atoms with Gasteiger partial charge in [-0.1, -0.05) is 11.6 Å². The Hall–Kier alpha value is -1.68. The predicted octanol–water partition coefficient (Wildman–Crippen LogP) is 0.655. The average Bonchev–Trinajstić information content (AvgIpc) is 2.97. The van der Waals surface area contributed by atoms with Crippen LogP contribution in [0.5, 0.6) is 0 Å². The van der Waals surface area contributed by atoms with Gasteiger partial charge in [-0.2, -0.15) is 0 Å². The van der Waals surface area contributed by atoms with Crippen LogP contribution in [0.15, 0.2) is 29.6 Å². The first kappa shape index (κ1) is 15.7. The summed E-state index contributed by atoms with van der Waals surface area (Å²) in [5.74, 6) is 6.22. The predicted molar refractivity (Wildman–Crippen MR) is 79.2 cm³/mol. The quantitative estimate of drug-likeness (QED) is 0.335. The molecule has 2 aromatic heterocycles. The van der Waals surface area contributed by atoms with Crippen LogP contribution in [0, 0.1) is 0 Å². The van der Waals surface area contributed by atoms with E-state index in [4.69, 9.17) is 17.4 Å². The molecular weight excluding hydrogens is 316 g/mol. The number of imidazole rings is 1. The molecule has 114 valence electrons. The van der Waals surface area contributed by atoms with E-state index in [1.807, 2.05) is 0 Å². The van der Waals surface area contributed by atoms with Crippen LogP contribution < -0.4 is 16.0 Å². The smallest absolute Gasteiger partial charge is 0.242 e. The fourth-order valence-electron chi connectivity index (χ4n) is 1.65. The van der Waals surface area contributed by atoms with Crippen molar-refractivity contribution in [2.24, 2.45) is 5.84 Å². The maximum atomic E-state index is 12.1. The number of aromatic amines is 1. The standard InChI is InChI=1S/C11H15ClN6O2S/c12-9-6-8(7-16-11(9)18-13)21(19,20)17-3-1-2-10-14-4-5-15-10/h4-7,17H,1-3,13H2,(H,14,15)(H,16,18). The highest BCUT2D eigenvalue weighted by Crippen LogP contribution is 2.21. The van der Waals surface area contributed by atoms with Crippen molar-refractivity contribution >= 4 is 27.4 Å². The highest BCUT2D eigenvalue weighted by molar-refractivity contribution is 7.89. The highest BCUT2D eigenvalue weighted by atomic mass is 35.5. The van der Waals surface area contributed by atoms with Crippen LogP contribution in [0.25, 0.3) is 0 Å². The van der Waals surface area contributed by atoms with Crippen molar-refractivity contribution < 1.29 is 8.42 Å². The van der Waals surface area contributed by atoms with Gasteiger partial charge in [0.15, 0.2) is 5.82 Å². The number of H-pyrrole nitrogens is 1. The zero-order chi connectivity index (χ0) is 15.3. The monoisotopic (exact) mass is 330 g/mol. The fraction of sp³-hybridized carbons (Fsp3) is 0.273. The molecule has 10 heteroatoms. The molecule has 0 aliphatic heterocycles. The SMILES string of the molecule is NNc1ncc(S(=O)(=O)NCCCc2ncc[nH]2)cc1Cl. The number of halogens is 1. The molecule has 0 atom stereocenters. The van der Waals surface area contributed by atoms with Crippen LogP contribution >= 0.6 is 11.6 Å². The Labute approximate surface area is 127 Å². The number of anilines is 1. The number of rotatable bonds is 7. The first-order chi connectivity index (χ1) is 10.0. The van der Waals surface area contributed by atoms with Gasteiger partial charge in [0.2, 0.25) is 10.0 Å². The first-order valence-electron chi connectivity index (χ1n) is 6.13. The number of hydrogen-bond donors (Lipinski definition) is 4. The van der Waals surface area contributed by atoms with Crippen LogP contribution in [0.2, 0.25) is 5.02 Å². The van der Waals surface area contributed by atoms with Gasteiger partial charge < -0.3 is 10.4 Å². The summed E-state index contributed by atoms with van der Waals surface area (Å²) in [7, 11) is -3.64. The molecule has 0 amide bonds. The summed E-state index contributed by atoms with van der Waals surface area (Å²) in [6, 6.07) is 1.29. The van der Waals surface area contributed by atoms with Gasteiger partial charge in [0, 0.05) is 31.6 Å². The number of aromatic nitrogens is 3. The van der Waals surface area contributed by atoms with Gasteiger partial charge in [-0.05, 0) is 12.5 Å². The molecule has 0 radical (unpaired) electrons. The van der Waals surface area contributed by atoms with Gasteiger partial charge in [-0.15, -0.1) is 0 Å². The number of nitrogens with two attached hydrogens (primary N) is 1. The summed E-state index contributed by atoms with van der Waals surface area (Å²) >= 11 is 5.85. The third-order valence-corrected chi connectivity index (χ3v) is 4.42. The Bertz CT molecular complexity index is 689. The Kier molecular flexibility index (Phi) is 5.12. The average molecular weight is 331 g/mol. The van der Waals surface area contributed by atoms with Gasteiger partial charge in [0.05, 0.1) is 5.02 Å². The minimum absolute atomic E-state index is 0.00972.